The van der Waals surface area contributed by atoms with Gasteiger partial charge in [0.05, 0.1) is 23.3 Å². The molecule has 0 aliphatic carbocycles. The molecule has 3 rings (SSSR count). The first-order valence-electron chi connectivity index (χ1n) is 8.24. The molecule has 0 N–H and O–H groups in total. The van der Waals surface area contributed by atoms with E-state index in [0.717, 1.165) is 22.3 Å². The summed E-state index contributed by atoms with van der Waals surface area (Å²) in [5, 5.41) is 18.1. The second kappa shape index (κ2) is 8.29. The Labute approximate surface area is 153 Å². The minimum absolute atomic E-state index is 0.658. The second-order valence-electron chi connectivity index (χ2n) is 5.77. The van der Waals surface area contributed by atoms with E-state index in [9.17, 15) is 0 Å². The molecule has 2 nitrogen and oxygen atoms in total. The number of hydrogen-bond donors (Lipinski definition) is 0. The van der Waals surface area contributed by atoms with Gasteiger partial charge in [0.2, 0.25) is 0 Å². The number of benzene rings is 3. The smallest absolute Gasteiger partial charge is 0.0997 e. The first-order valence-corrected chi connectivity index (χ1v) is 8.24. The summed E-state index contributed by atoms with van der Waals surface area (Å²) in [6, 6.07) is 27.6. The van der Waals surface area contributed by atoms with Gasteiger partial charge >= 0.3 is 0 Å². The highest BCUT2D eigenvalue weighted by Crippen LogP contribution is 2.15. The molecule has 0 amide bonds. The van der Waals surface area contributed by atoms with Crippen molar-refractivity contribution in [2.45, 2.75) is 0 Å². The summed E-state index contributed by atoms with van der Waals surface area (Å²) >= 11 is 0. The average Bonchev–Trinajstić information content (AvgIpc) is 2.72. The predicted molar refractivity (Wildman–Crippen MR) is 107 cm³/mol. The Kier molecular flexibility index (Phi) is 5.41. The van der Waals surface area contributed by atoms with Crippen LogP contribution in [-0.4, -0.2) is 0 Å². The summed E-state index contributed by atoms with van der Waals surface area (Å²) in [5.74, 6) is 0. The Morgan fingerprint density at radius 2 is 1.23 bits per heavy atom. The summed E-state index contributed by atoms with van der Waals surface area (Å²) in [5.41, 5.74) is 5.40. The standard InChI is InChI=1S/C24H16N2/c25-17-22-5-3-4-21(16-22)13-12-19-8-10-20(11-9-19)14-15-23-6-1-2-7-24(23)18-26/h1-16H/b13-12-,15-14-. The van der Waals surface area contributed by atoms with Crippen LogP contribution in [0.3, 0.4) is 0 Å². The highest BCUT2D eigenvalue weighted by Gasteiger charge is 1.96. The third-order valence-corrected chi connectivity index (χ3v) is 3.96. The largest absolute Gasteiger partial charge is 0.192 e. The van der Waals surface area contributed by atoms with Crippen LogP contribution < -0.4 is 0 Å². The number of nitriles is 2. The van der Waals surface area contributed by atoms with Crippen molar-refractivity contribution in [2.75, 3.05) is 0 Å². The van der Waals surface area contributed by atoms with Crippen LogP contribution in [0.2, 0.25) is 0 Å². The molecule has 0 heterocycles. The van der Waals surface area contributed by atoms with E-state index in [1.54, 1.807) is 6.07 Å². The second-order valence-corrected chi connectivity index (χ2v) is 5.77. The van der Waals surface area contributed by atoms with Crippen molar-refractivity contribution in [1.82, 2.24) is 0 Å². The molecule has 0 atom stereocenters. The Hall–Kier alpha value is -3.88. The predicted octanol–water partition coefficient (Wildman–Crippen LogP) is 5.77. The van der Waals surface area contributed by atoms with Crippen LogP contribution in [0.5, 0.6) is 0 Å². The van der Waals surface area contributed by atoms with Crippen LogP contribution in [0.4, 0.5) is 0 Å². The summed E-state index contributed by atoms with van der Waals surface area (Å²) in [7, 11) is 0. The molecule has 0 spiro atoms. The third-order valence-electron chi connectivity index (χ3n) is 3.96. The van der Waals surface area contributed by atoms with Crippen LogP contribution in [0, 0.1) is 22.7 Å². The first kappa shape index (κ1) is 17.0. The molecule has 3 aromatic carbocycles. The lowest BCUT2D eigenvalue weighted by Crippen LogP contribution is -1.80. The van der Waals surface area contributed by atoms with Gasteiger partial charge in [-0.05, 0) is 40.5 Å². The Bertz CT molecular complexity index is 1040. The summed E-state index contributed by atoms with van der Waals surface area (Å²) in [4.78, 5) is 0. The molecule has 0 saturated heterocycles. The quantitative estimate of drug-likeness (QED) is 0.569. The van der Waals surface area contributed by atoms with Crippen molar-refractivity contribution in [1.29, 1.82) is 10.5 Å². The van der Waals surface area contributed by atoms with Crippen molar-refractivity contribution in [3.05, 3.63) is 106 Å². The molecule has 2 heteroatoms. The van der Waals surface area contributed by atoms with Crippen molar-refractivity contribution < 1.29 is 0 Å². The molecule has 122 valence electrons. The fourth-order valence-electron chi connectivity index (χ4n) is 2.55. The van der Waals surface area contributed by atoms with Gasteiger partial charge in [-0.1, -0.05) is 78.9 Å². The van der Waals surface area contributed by atoms with Crippen molar-refractivity contribution in [2.24, 2.45) is 0 Å². The van der Waals surface area contributed by atoms with E-state index in [1.165, 1.54) is 0 Å². The maximum Gasteiger partial charge on any atom is 0.0997 e. The lowest BCUT2D eigenvalue weighted by Gasteiger charge is -1.99. The molecule has 0 saturated carbocycles. The summed E-state index contributed by atoms with van der Waals surface area (Å²) in [6.45, 7) is 0. The first-order chi connectivity index (χ1) is 12.8. The molecule has 0 radical (unpaired) electrons. The highest BCUT2D eigenvalue weighted by molar-refractivity contribution is 5.74. The monoisotopic (exact) mass is 332 g/mol. The van der Waals surface area contributed by atoms with Gasteiger partial charge in [-0.2, -0.15) is 10.5 Å². The lowest BCUT2D eigenvalue weighted by molar-refractivity contribution is 1.47. The Morgan fingerprint density at radius 1 is 0.577 bits per heavy atom. The van der Waals surface area contributed by atoms with Gasteiger partial charge in [-0.15, -0.1) is 0 Å². The van der Waals surface area contributed by atoms with Gasteiger partial charge in [-0.25, -0.2) is 0 Å². The van der Waals surface area contributed by atoms with Gasteiger partial charge < -0.3 is 0 Å². The SMILES string of the molecule is N#Cc1cccc(/C=C\c2ccc(/C=C\c3ccccc3C#N)cc2)c1. The van der Waals surface area contributed by atoms with Crippen LogP contribution in [-0.2, 0) is 0 Å². The molecule has 0 aliphatic heterocycles. The van der Waals surface area contributed by atoms with Crippen LogP contribution in [0.25, 0.3) is 24.3 Å². The zero-order valence-electron chi connectivity index (χ0n) is 14.1. The van der Waals surface area contributed by atoms with E-state index >= 15 is 0 Å². The van der Waals surface area contributed by atoms with Gasteiger partial charge in [0.15, 0.2) is 0 Å². The highest BCUT2D eigenvalue weighted by atomic mass is 14.2. The fraction of sp³-hybridized carbons (Fsp3) is 0. The Balaban J connectivity index is 1.72. The molecule has 0 aromatic heterocycles. The fourth-order valence-corrected chi connectivity index (χ4v) is 2.55. The number of nitrogens with zero attached hydrogens (tertiary/aromatic N) is 2. The van der Waals surface area contributed by atoms with Crippen LogP contribution in [0.15, 0.2) is 72.8 Å². The molecule has 0 bridgehead atoms. The minimum atomic E-state index is 0.658. The number of hydrogen-bond acceptors (Lipinski definition) is 2. The zero-order chi connectivity index (χ0) is 18.2. The molecule has 26 heavy (non-hydrogen) atoms. The van der Waals surface area contributed by atoms with Gasteiger partial charge in [0.1, 0.15) is 0 Å². The van der Waals surface area contributed by atoms with E-state index in [2.05, 4.69) is 12.1 Å². The maximum absolute atomic E-state index is 9.13. The topological polar surface area (TPSA) is 47.6 Å². The maximum atomic E-state index is 9.13. The summed E-state index contributed by atoms with van der Waals surface area (Å²) in [6.07, 6.45) is 7.97. The lowest BCUT2D eigenvalue weighted by atomic mass is 10.1. The molecular formula is C24H16N2. The Morgan fingerprint density at radius 3 is 1.92 bits per heavy atom. The molecule has 0 fully saturated rings. The average molecular weight is 332 g/mol. The molecule has 0 unspecified atom stereocenters. The summed E-state index contributed by atoms with van der Waals surface area (Å²) < 4.78 is 0. The number of rotatable bonds is 4. The van der Waals surface area contributed by atoms with E-state index in [0.29, 0.717) is 11.1 Å². The molecule has 0 aliphatic rings. The van der Waals surface area contributed by atoms with Crippen LogP contribution >= 0.6 is 0 Å². The molecular weight excluding hydrogens is 316 g/mol. The van der Waals surface area contributed by atoms with Gasteiger partial charge in [0.25, 0.3) is 0 Å². The minimum Gasteiger partial charge on any atom is -0.192 e. The van der Waals surface area contributed by atoms with E-state index < -0.39 is 0 Å². The van der Waals surface area contributed by atoms with E-state index in [1.807, 2.05) is 91.0 Å². The van der Waals surface area contributed by atoms with Gasteiger partial charge in [0, 0.05) is 0 Å². The van der Waals surface area contributed by atoms with E-state index in [4.69, 9.17) is 10.5 Å². The molecule has 3 aromatic rings. The zero-order valence-corrected chi connectivity index (χ0v) is 14.1. The van der Waals surface area contributed by atoms with Crippen LogP contribution in [0.1, 0.15) is 33.4 Å². The third kappa shape index (κ3) is 4.35. The van der Waals surface area contributed by atoms with Crippen molar-refractivity contribution in [3.8, 4) is 12.1 Å². The van der Waals surface area contributed by atoms with E-state index in [-0.39, 0.29) is 0 Å². The van der Waals surface area contributed by atoms with Crippen molar-refractivity contribution in [3.63, 3.8) is 0 Å². The van der Waals surface area contributed by atoms with Crippen molar-refractivity contribution >= 4 is 24.3 Å². The van der Waals surface area contributed by atoms with Gasteiger partial charge in [-0.3, -0.25) is 0 Å². The normalized spacial score (nSPS) is 10.7.